The zero-order valence-electron chi connectivity index (χ0n) is 22.7. The van der Waals surface area contributed by atoms with E-state index in [9.17, 15) is 14.4 Å². The number of amidine groups is 1. The Morgan fingerprint density at radius 1 is 1.25 bits per heavy atom. The third-order valence-corrected chi connectivity index (χ3v) is 8.99. The van der Waals surface area contributed by atoms with Gasteiger partial charge >= 0.3 is 5.97 Å². The molecule has 2 amide bonds. The lowest BCUT2D eigenvalue weighted by Crippen LogP contribution is -2.31. The van der Waals surface area contributed by atoms with Crippen LogP contribution in [0.15, 0.2) is 53.4 Å². The molecule has 0 saturated heterocycles. The first-order valence-corrected chi connectivity index (χ1v) is 15.1. The van der Waals surface area contributed by atoms with E-state index < -0.39 is 5.97 Å². The van der Waals surface area contributed by atoms with Crippen molar-refractivity contribution < 1.29 is 19.1 Å². The quantitative estimate of drug-likeness (QED) is 0.288. The summed E-state index contributed by atoms with van der Waals surface area (Å²) in [6, 6.07) is 9.22. The van der Waals surface area contributed by atoms with E-state index in [1.807, 2.05) is 30.3 Å². The normalized spacial score (nSPS) is 17.6. The summed E-state index contributed by atoms with van der Waals surface area (Å²) in [5.41, 5.74) is 3.17. The van der Waals surface area contributed by atoms with Gasteiger partial charge in [-0.25, -0.2) is 9.79 Å². The molecule has 2 aliphatic rings. The summed E-state index contributed by atoms with van der Waals surface area (Å²) in [5.74, 6) is -0.369. The maximum absolute atomic E-state index is 13.4. The van der Waals surface area contributed by atoms with Gasteiger partial charge in [-0.3, -0.25) is 19.2 Å². The molecule has 11 heteroatoms. The lowest BCUT2D eigenvalue weighted by Gasteiger charge is -2.20. The highest BCUT2D eigenvalue weighted by Crippen LogP contribution is 2.41. The van der Waals surface area contributed by atoms with E-state index in [4.69, 9.17) is 4.74 Å². The number of carbonyl (C=O) groups is 3. The Kier molecular flexibility index (Phi) is 8.51. The number of rotatable bonds is 8. The van der Waals surface area contributed by atoms with Gasteiger partial charge in [0.2, 0.25) is 5.91 Å². The number of nitrogens with zero attached hydrogens (tertiary/aromatic N) is 4. The second kappa shape index (κ2) is 12.2. The maximum atomic E-state index is 13.4. The molecule has 0 fully saturated rings. The van der Waals surface area contributed by atoms with Gasteiger partial charge in [0.25, 0.3) is 5.91 Å². The van der Waals surface area contributed by atoms with Crippen LogP contribution >= 0.6 is 23.1 Å². The number of thiophene rings is 1. The number of amides is 2. The van der Waals surface area contributed by atoms with Gasteiger partial charge in [0.15, 0.2) is 5.17 Å². The van der Waals surface area contributed by atoms with Gasteiger partial charge in [0.1, 0.15) is 10.7 Å². The monoisotopic (exact) mass is 577 g/mol. The van der Waals surface area contributed by atoms with E-state index >= 15 is 0 Å². The lowest BCUT2D eigenvalue weighted by molar-refractivity contribution is -0.114. The van der Waals surface area contributed by atoms with Crippen molar-refractivity contribution in [2.45, 2.75) is 39.5 Å². The Hall–Kier alpha value is -3.70. The van der Waals surface area contributed by atoms with Crippen LogP contribution in [0.4, 0.5) is 10.7 Å². The minimum absolute atomic E-state index is 0.0119. The summed E-state index contributed by atoms with van der Waals surface area (Å²) in [7, 11) is 1.80. The number of thioether (sulfide) groups is 1. The molecule has 5 rings (SSSR count). The third kappa shape index (κ3) is 5.90. The zero-order valence-corrected chi connectivity index (χ0v) is 24.3. The fourth-order valence-electron chi connectivity index (χ4n) is 4.87. The molecule has 1 unspecified atom stereocenters. The molecule has 40 heavy (non-hydrogen) atoms. The fourth-order valence-corrected chi connectivity index (χ4v) is 7.05. The Labute approximate surface area is 241 Å². The van der Waals surface area contributed by atoms with Crippen molar-refractivity contribution >= 4 is 62.8 Å². The van der Waals surface area contributed by atoms with Crippen LogP contribution in [0.5, 0.6) is 0 Å². The number of fused-ring (bicyclic) bond motifs is 1. The molecule has 3 heterocycles. The molecular formula is C29H31N5O4S2. The van der Waals surface area contributed by atoms with Crippen molar-refractivity contribution in [2.24, 2.45) is 18.0 Å². The van der Waals surface area contributed by atoms with Crippen LogP contribution in [0.1, 0.15) is 53.1 Å². The number of aromatic nitrogens is 2. The fraction of sp³-hybridized carbons (Fsp3) is 0.345. The van der Waals surface area contributed by atoms with Crippen molar-refractivity contribution in [3.05, 3.63) is 70.0 Å². The van der Waals surface area contributed by atoms with E-state index in [1.54, 1.807) is 37.1 Å². The topological polar surface area (TPSA) is 106 Å². The first kappa shape index (κ1) is 27.9. The third-order valence-electron chi connectivity index (χ3n) is 6.88. The van der Waals surface area contributed by atoms with Crippen LogP contribution < -0.4 is 10.2 Å². The Balaban J connectivity index is 1.36. The smallest absolute Gasteiger partial charge is 0.341 e. The molecule has 208 valence electrons. The second-order valence-corrected chi connectivity index (χ2v) is 11.7. The van der Waals surface area contributed by atoms with Gasteiger partial charge in [-0.05, 0) is 55.9 Å². The number of benzene rings is 1. The van der Waals surface area contributed by atoms with Crippen molar-refractivity contribution in [2.75, 3.05) is 22.6 Å². The first-order valence-electron chi connectivity index (χ1n) is 13.3. The summed E-state index contributed by atoms with van der Waals surface area (Å²) >= 11 is 2.64. The van der Waals surface area contributed by atoms with E-state index in [-0.39, 0.29) is 29.9 Å². The standard InChI is InChI=1S/C29H31N5O4S2/c1-4-18-11-12-21-23(14-18)40-26(25(21)28(37)38-5-2)32-24(35)17-39-29-31-22(13-19-15-30-33(3)16-19)27(36)34(29)20-9-7-6-8-10-20/h6-10,13,15-16,18H,4-5,11-12,14,17H2,1-3H3,(H,32,35)/b22-13+. The van der Waals surface area contributed by atoms with Crippen LogP contribution in [0, 0.1) is 5.92 Å². The zero-order chi connectivity index (χ0) is 28.2. The number of ether oxygens (including phenoxy) is 1. The van der Waals surface area contributed by atoms with Gasteiger partial charge in [-0.15, -0.1) is 11.3 Å². The van der Waals surface area contributed by atoms with Crippen molar-refractivity contribution in [3.8, 4) is 0 Å². The average Bonchev–Trinajstić information content (AvgIpc) is 3.62. The van der Waals surface area contributed by atoms with E-state index in [1.165, 1.54) is 28.0 Å². The highest BCUT2D eigenvalue weighted by Gasteiger charge is 2.33. The van der Waals surface area contributed by atoms with Crippen LogP contribution in [0.25, 0.3) is 6.08 Å². The SMILES string of the molecule is CCOC(=O)c1c(NC(=O)CSC2=N/C(=C/c3cnn(C)c3)C(=O)N2c2ccccc2)sc2c1CCC(CC)C2. The molecule has 1 N–H and O–H groups in total. The molecule has 0 bridgehead atoms. The first-order chi connectivity index (χ1) is 19.4. The number of aryl methyl sites for hydroxylation is 1. The number of hydrogen-bond donors (Lipinski definition) is 1. The highest BCUT2D eigenvalue weighted by atomic mass is 32.2. The van der Waals surface area contributed by atoms with E-state index in [0.29, 0.717) is 27.3 Å². The number of nitrogens with one attached hydrogen (secondary N) is 1. The Morgan fingerprint density at radius 2 is 2.05 bits per heavy atom. The highest BCUT2D eigenvalue weighted by molar-refractivity contribution is 8.14. The number of para-hydroxylation sites is 1. The molecule has 1 aliphatic carbocycles. The molecule has 0 saturated carbocycles. The van der Waals surface area contributed by atoms with Gasteiger partial charge < -0.3 is 10.1 Å². The Morgan fingerprint density at radius 3 is 2.75 bits per heavy atom. The molecule has 3 aromatic rings. The van der Waals surface area contributed by atoms with Crippen LogP contribution in [0.2, 0.25) is 0 Å². The number of anilines is 2. The largest absolute Gasteiger partial charge is 0.462 e. The van der Waals surface area contributed by atoms with Gasteiger partial charge in [0.05, 0.1) is 29.8 Å². The van der Waals surface area contributed by atoms with E-state index in [2.05, 4.69) is 22.3 Å². The molecule has 1 aromatic carbocycles. The average molecular weight is 578 g/mol. The van der Waals surface area contributed by atoms with E-state index in [0.717, 1.165) is 41.7 Å². The summed E-state index contributed by atoms with van der Waals surface area (Å²) in [6.07, 6.45) is 8.96. The second-order valence-electron chi connectivity index (χ2n) is 9.63. The van der Waals surface area contributed by atoms with Crippen LogP contribution in [-0.2, 0) is 34.2 Å². The molecule has 0 spiro atoms. The van der Waals surface area contributed by atoms with Crippen LogP contribution in [0.3, 0.4) is 0 Å². The number of aliphatic imine (C=N–C) groups is 1. The summed E-state index contributed by atoms with van der Waals surface area (Å²) in [5, 5.41) is 8.05. The number of hydrogen-bond acceptors (Lipinski definition) is 8. The van der Waals surface area contributed by atoms with Crippen molar-refractivity contribution in [1.29, 1.82) is 0 Å². The molecular weight excluding hydrogens is 546 g/mol. The summed E-state index contributed by atoms with van der Waals surface area (Å²) in [6.45, 7) is 4.22. The van der Waals surface area contributed by atoms with Gasteiger partial charge in [0, 0.05) is 23.7 Å². The van der Waals surface area contributed by atoms with Crippen LogP contribution in [-0.4, -0.2) is 45.1 Å². The predicted molar refractivity (Wildman–Crippen MR) is 160 cm³/mol. The lowest BCUT2D eigenvalue weighted by atomic mass is 9.85. The number of esters is 1. The minimum atomic E-state index is -0.399. The minimum Gasteiger partial charge on any atom is -0.462 e. The van der Waals surface area contributed by atoms with Gasteiger partial charge in [-0.1, -0.05) is 43.3 Å². The molecule has 1 atom stereocenters. The maximum Gasteiger partial charge on any atom is 0.341 e. The molecule has 0 radical (unpaired) electrons. The predicted octanol–water partition coefficient (Wildman–Crippen LogP) is 5.29. The number of carbonyl (C=O) groups excluding carboxylic acids is 3. The molecule has 9 nitrogen and oxygen atoms in total. The van der Waals surface area contributed by atoms with Gasteiger partial charge in [-0.2, -0.15) is 5.10 Å². The Bertz CT molecular complexity index is 1490. The summed E-state index contributed by atoms with van der Waals surface area (Å²) < 4.78 is 6.99. The van der Waals surface area contributed by atoms with Crippen molar-refractivity contribution in [3.63, 3.8) is 0 Å². The van der Waals surface area contributed by atoms with Crippen molar-refractivity contribution in [1.82, 2.24) is 9.78 Å². The molecule has 2 aromatic heterocycles. The molecule has 1 aliphatic heterocycles. The summed E-state index contributed by atoms with van der Waals surface area (Å²) in [4.78, 5) is 46.6.